The van der Waals surface area contributed by atoms with Crippen LogP contribution in [0, 0.1) is 6.92 Å². The molecule has 0 aliphatic carbocycles. The third-order valence-corrected chi connectivity index (χ3v) is 3.58. The summed E-state index contributed by atoms with van der Waals surface area (Å²) in [5, 5.41) is 0. The Morgan fingerprint density at radius 1 is 1.40 bits per heavy atom. The molecule has 1 saturated heterocycles. The minimum absolute atomic E-state index is 0.0772. The molecule has 1 fully saturated rings. The first kappa shape index (κ1) is 10.5. The molecule has 1 atom stereocenters. The van der Waals surface area contributed by atoms with Gasteiger partial charge in [0.25, 0.3) is 0 Å². The van der Waals surface area contributed by atoms with Gasteiger partial charge in [-0.2, -0.15) is 0 Å². The lowest BCUT2D eigenvalue weighted by Crippen LogP contribution is -2.48. The van der Waals surface area contributed by atoms with Crippen LogP contribution in [0.15, 0.2) is 24.3 Å². The second-order valence-electron chi connectivity index (χ2n) is 5.04. The summed E-state index contributed by atoms with van der Waals surface area (Å²) in [4.78, 5) is 2.42. The van der Waals surface area contributed by atoms with Crippen LogP contribution in [0.1, 0.15) is 25.8 Å². The van der Waals surface area contributed by atoms with Crippen molar-refractivity contribution >= 4 is 5.69 Å². The number of hydrogen-bond acceptors (Lipinski definition) is 2. The summed E-state index contributed by atoms with van der Waals surface area (Å²) in [6, 6.07) is 8.93. The maximum absolute atomic E-state index is 6.14. The predicted molar refractivity (Wildman–Crippen MR) is 65.2 cm³/mol. The van der Waals surface area contributed by atoms with E-state index in [4.69, 9.17) is 5.73 Å². The van der Waals surface area contributed by atoms with E-state index in [0.717, 1.165) is 13.0 Å². The minimum atomic E-state index is 0.0772. The zero-order valence-corrected chi connectivity index (χ0v) is 9.83. The molecular weight excluding hydrogens is 184 g/mol. The van der Waals surface area contributed by atoms with Gasteiger partial charge in [-0.15, -0.1) is 0 Å². The Kier molecular flexibility index (Phi) is 2.47. The molecule has 1 aliphatic heterocycles. The summed E-state index contributed by atoms with van der Waals surface area (Å²) < 4.78 is 0. The lowest BCUT2D eigenvalue weighted by Gasteiger charge is -2.36. The van der Waals surface area contributed by atoms with Crippen molar-refractivity contribution in [2.24, 2.45) is 5.73 Å². The van der Waals surface area contributed by atoms with Crippen molar-refractivity contribution in [1.82, 2.24) is 0 Å². The minimum Gasteiger partial charge on any atom is -0.365 e. The van der Waals surface area contributed by atoms with Crippen LogP contribution in [-0.4, -0.2) is 18.1 Å². The maximum atomic E-state index is 6.14. The standard InChI is InChI=1S/C13H20N2/c1-10-5-4-6-11(9-10)15-8-7-12(14)13(15,2)3/h4-6,9,12H,7-8,14H2,1-3H3. The van der Waals surface area contributed by atoms with Gasteiger partial charge in [0.05, 0.1) is 0 Å². The van der Waals surface area contributed by atoms with Gasteiger partial charge >= 0.3 is 0 Å². The van der Waals surface area contributed by atoms with Gasteiger partial charge in [0.1, 0.15) is 0 Å². The molecule has 15 heavy (non-hydrogen) atoms. The molecule has 1 heterocycles. The molecular formula is C13H20N2. The lowest BCUT2D eigenvalue weighted by molar-refractivity contribution is 0.453. The summed E-state index contributed by atoms with van der Waals surface area (Å²) in [5.74, 6) is 0. The molecule has 2 rings (SSSR count). The molecule has 2 nitrogen and oxygen atoms in total. The van der Waals surface area contributed by atoms with Crippen LogP contribution in [-0.2, 0) is 0 Å². The van der Waals surface area contributed by atoms with Gasteiger partial charge in [-0.3, -0.25) is 0 Å². The van der Waals surface area contributed by atoms with Crippen molar-refractivity contribution in [2.45, 2.75) is 38.8 Å². The second kappa shape index (κ2) is 3.53. The normalized spacial score (nSPS) is 24.5. The average Bonchev–Trinajstić information content (AvgIpc) is 2.42. The van der Waals surface area contributed by atoms with E-state index in [-0.39, 0.29) is 11.6 Å². The summed E-state index contributed by atoms with van der Waals surface area (Å²) in [6.45, 7) is 7.66. The zero-order valence-electron chi connectivity index (χ0n) is 9.83. The fourth-order valence-corrected chi connectivity index (χ4v) is 2.37. The Morgan fingerprint density at radius 3 is 2.67 bits per heavy atom. The van der Waals surface area contributed by atoms with Gasteiger partial charge < -0.3 is 10.6 Å². The van der Waals surface area contributed by atoms with E-state index in [1.165, 1.54) is 11.3 Å². The summed E-state index contributed by atoms with van der Waals surface area (Å²) in [5.41, 5.74) is 8.82. The van der Waals surface area contributed by atoms with Gasteiger partial charge in [0, 0.05) is 23.8 Å². The number of nitrogens with two attached hydrogens (primary N) is 1. The third kappa shape index (κ3) is 1.74. The monoisotopic (exact) mass is 204 g/mol. The Morgan fingerprint density at radius 2 is 2.13 bits per heavy atom. The second-order valence-corrected chi connectivity index (χ2v) is 5.04. The van der Waals surface area contributed by atoms with Crippen LogP contribution in [0.4, 0.5) is 5.69 Å². The van der Waals surface area contributed by atoms with Crippen LogP contribution < -0.4 is 10.6 Å². The molecule has 1 aliphatic rings. The Hall–Kier alpha value is -1.02. The molecule has 1 aromatic carbocycles. The highest BCUT2D eigenvalue weighted by Crippen LogP contribution is 2.33. The van der Waals surface area contributed by atoms with Crippen LogP contribution >= 0.6 is 0 Å². The van der Waals surface area contributed by atoms with Crippen molar-refractivity contribution in [3.8, 4) is 0 Å². The van der Waals surface area contributed by atoms with E-state index in [2.05, 4.69) is 49.9 Å². The van der Waals surface area contributed by atoms with E-state index < -0.39 is 0 Å². The van der Waals surface area contributed by atoms with Crippen LogP contribution in [0.3, 0.4) is 0 Å². The molecule has 82 valence electrons. The molecule has 2 heteroatoms. The van der Waals surface area contributed by atoms with Gasteiger partial charge in [0.2, 0.25) is 0 Å². The molecule has 0 aromatic heterocycles. The number of nitrogens with zero attached hydrogens (tertiary/aromatic N) is 1. The van der Waals surface area contributed by atoms with Crippen molar-refractivity contribution in [2.75, 3.05) is 11.4 Å². The van der Waals surface area contributed by atoms with E-state index in [1.54, 1.807) is 0 Å². The third-order valence-electron chi connectivity index (χ3n) is 3.58. The smallest absolute Gasteiger partial charge is 0.0497 e. The SMILES string of the molecule is Cc1cccc(N2CCC(N)C2(C)C)c1. The molecule has 0 saturated carbocycles. The first-order valence-electron chi connectivity index (χ1n) is 5.62. The molecule has 1 unspecified atom stereocenters. The number of aryl methyl sites for hydroxylation is 1. The van der Waals surface area contributed by atoms with Gasteiger partial charge in [-0.25, -0.2) is 0 Å². The molecule has 0 spiro atoms. The predicted octanol–water partition coefficient (Wildman–Crippen LogP) is 2.31. The lowest BCUT2D eigenvalue weighted by atomic mass is 9.96. The number of hydrogen-bond donors (Lipinski definition) is 1. The van der Waals surface area contributed by atoms with Gasteiger partial charge in [0.15, 0.2) is 0 Å². The Balaban J connectivity index is 2.32. The zero-order chi connectivity index (χ0) is 11.1. The van der Waals surface area contributed by atoms with E-state index >= 15 is 0 Å². The van der Waals surface area contributed by atoms with Gasteiger partial charge in [-0.05, 0) is 44.9 Å². The van der Waals surface area contributed by atoms with Crippen molar-refractivity contribution in [3.05, 3.63) is 29.8 Å². The number of rotatable bonds is 1. The molecule has 0 amide bonds. The topological polar surface area (TPSA) is 29.3 Å². The van der Waals surface area contributed by atoms with Crippen LogP contribution in [0.5, 0.6) is 0 Å². The van der Waals surface area contributed by atoms with Crippen LogP contribution in [0.2, 0.25) is 0 Å². The molecule has 2 N–H and O–H groups in total. The molecule has 0 bridgehead atoms. The van der Waals surface area contributed by atoms with E-state index in [9.17, 15) is 0 Å². The average molecular weight is 204 g/mol. The number of anilines is 1. The first-order valence-corrected chi connectivity index (χ1v) is 5.62. The summed E-state index contributed by atoms with van der Waals surface area (Å²) in [7, 11) is 0. The molecule has 1 aromatic rings. The van der Waals surface area contributed by atoms with Crippen molar-refractivity contribution in [1.29, 1.82) is 0 Å². The van der Waals surface area contributed by atoms with Crippen molar-refractivity contribution < 1.29 is 0 Å². The maximum Gasteiger partial charge on any atom is 0.0497 e. The fraction of sp³-hybridized carbons (Fsp3) is 0.538. The Bertz CT molecular complexity index is 357. The highest BCUT2D eigenvalue weighted by atomic mass is 15.2. The van der Waals surface area contributed by atoms with E-state index in [0.29, 0.717) is 0 Å². The summed E-state index contributed by atoms with van der Waals surface area (Å²) in [6.07, 6.45) is 1.08. The molecule has 0 radical (unpaired) electrons. The van der Waals surface area contributed by atoms with Crippen LogP contribution in [0.25, 0.3) is 0 Å². The largest absolute Gasteiger partial charge is 0.365 e. The summed E-state index contributed by atoms with van der Waals surface area (Å²) >= 11 is 0. The fourth-order valence-electron chi connectivity index (χ4n) is 2.37. The van der Waals surface area contributed by atoms with E-state index in [1.807, 2.05) is 0 Å². The van der Waals surface area contributed by atoms with Crippen molar-refractivity contribution in [3.63, 3.8) is 0 Å². The Labute approximate surface area is 92.1 Å². The van der Waals surface area contributed by atoms with Gasteiger partial charge in [-0.1, -0.05) is 12.1 Å². The number of benzene rings is 1. The highest BCUT2D eigenvalue weighted by Gasteiger charge is 2.38. The highest BCUT2D eigenvalue weighted by molar-refractivity contribution is 5.52. The first-order chi connectivity index (χ1) is 7.01. The quantitative estimate of drug-likeness (QED) is 0.760.